The minimum Gasteiger partial charge on any atom is -0.267 e. The Morgan fingerprint density at radius 2 is 2.18 bits per heavy atom. The van der Waals surface area contributed by atoms with Crippen LogP contribution in [-0.2, 0) is 0 Å². The van der Waals surface area contributed by atoms with Crippen LogP contribution in [-0.4, -0.2) is 6.61 Å². The minimum absolute atomic E-state index is 0.535. The van der Waals surface area contributed by atoms with E-state index in [4.69, 9.17) is 4.84 Å². The van der Waals surface area contributed by atoms with E-state index in [2.05, 4.69) is 6.58 Å². The van der Waals surface area contributed by atoms with E-state index in [-0.39, 0.29) is 0 Å². The van der Waals surface area contributed by atoms with Crippen molar-refractivity contribution in [1.29, 1.82) is 0 Å². The van der Waals surface area contributed by atoms with Crippen LogP contribution in [0.5, 0.6) is 0 Å². The number of hydrogen-bond acceptors (Lipinski definition) is 1. The maximum Gasteiger partial charge on any atom is 0.222 e. The second-order valence-corrected chi connectivity index (χ2v) is 2.32. The number of rotatable bonds is 3. The van der Waals surface area contributed by atoms with Gasteiger partial charge in [0.25, 0.3) is 0 Å². The zero-order valence-electron chi connectivity index (χ0n) is 6.66. The number of aromatic nitrogens is 1. The van der Waals surface area contributed by atoms with Crippen molar-refractivity contribution in [1.82, 2.24) is 0 Å². The summed E-state index contributed by atoms with van der Waals surface area (Å²) in [5, 5.41) is 0. The Bertz CT molecular complexity index is 228. The lowest BCUT2D eigenvalue weighted by Gasteiger charge is -1.93. The number of pyridine rings is 1. The molecule has 1 heterocycles. The van der Waals surface area contributed by atoms with Crippen LogP contribution in [0.4, 0.5) is 0 Å². The van der Waals surface area contributed by atoms with E-state index >= 15 is 0 Å². The van der Waals surface area contributed by atoms with E-state index in [0.717, 1.165) is 0 Å². The van der Waals surface area contributed by atoms with E-state index in [9.17, 15) is 0 Å². The summed E-state index contributed by atoms with van der Waals surface area (Å²) < 4.78 is 1.66. The molecule has 11 heavy (non-hydrogen) atoms. The Balaban J connectivity index is 2.58. The molecular formula is C9H12NO+. The van der Waals surface area contributed by atoms with Crippen molar-refractivity contribution in [3.05, 3.63) is 42.7 Å². The lowest BCUT2D eigenvalue weighted by atomic mass is 10.3. The smallest absolute Gasteiger partial charge is 0.222 e. The van der Waals surface area contributed by atoms with E-state index in [1.54, 1.807) is 10.8 Å². The summed E-state index contributed by atoms with van der Waals surface area (Å²) in [6.45, 7) is 6.13. The maximum absolute atomic E-state index is 5.21. The summed E-state index contributed by atoms with van der Waals surface area (Å²) >= 11 is 0. The van der Waals surface area contributed by atoms with Crippen LogP contribution in [0, 0.1) is 6.92 Å². The topological polar surface area (TPSA) is 13.1 Å². The molecule has 0 amide bonds. The molecule has 0 atom stereocenters. The molecule has 0 aliphatic heterocycles. The summed E-state index contributed by atoms with van der Waals surface area (Å²) in [6, 6.07) is 3.98. The molecule has 2 nitrogen and oxygen atoms in total. The fourth-order valence-electron chi connectivity index (χ4n) is 0.712. The standard InChI is InChI=1S/C9H12NO/c1-3-8-11-10-6-4-9(2)5-7-10/h3-7H,1,8H2,2H3/q+1. The van der Waals surface area contributed by atoms with Crippen LogP contribution in [0.1, 0.15) is 5.56 Å². The fourth-order valence-corrected chi connectivity index (χ4v) is 0.712. The molecule has 1 aromatic heterocycles. The van der Waals surface area contributed by atoms with E-state index in [0.29, 0.717) is 6.61 Å². The third-order valence-electron chi connectivity index (χ3n) is 1.31. The van der Waals surface area contributed by atoms with E-state index in [1.165, 1.54) is 5.56 Å². The second-order valence-electron chi connectivity index (χ2n) is 2.32. The molecule has 0 spiro atoms. The zero-order valence-corrected chi connectivity index (χ0v) is 6.66. The Morgan fingerprint density at radius 1 is 1.55 bits per heavy atom. The molecular weight excluding hydrogens is 138 g/mol. The van der Waals surface area contributed by atoms with Crippen LogP contribution in [0.2, 0.25) is 0 Å². The van der Waals surface area contributed by atoms with Gasteiger partial charge in [-0.25, -0.2) is 0 Å². The SMILES string of the molecule is C=CCO[n+]1ccc(C)cc1. The highest BCUT2D eigenvalue weighted by molar-refractivity contribution is 5.02. The summed E-state index contributed by atoms with van der Waals surface area (Å²) in [5.41, 5.74) is 1.23. The number of aryl methyl sites for hydroxylation is 1. The van der Waals surface area contributed by atoms with Crippen LogP contribution in [0.25, 0.3) is 0 Å². The molecule has 1 aromatic rings. The average molecular weight is 150 g/mol. The lowest BCUT2D eigenvalue weighted by molar-refractivity contribution is -0.889. The summed E-state index contributed by atoms with van der Waals surface area (Å²) in [6.07, 6.45) is 5.46. The first-order chi connectivity index (χ1) is 5.33. The summed E-state index contributed by atoms with van der Waals surface area (Å²) in [4.78, 5) is 5.21. The third kappa shape index (κ3) is 2.42. The van der Waals surface area contributed by atoms with Crippen LogP contribution in [0.3, 0.4) is 0 Å². The first-order valence-electron chi connectivity index (χ1n) is 3.55. The molecule has 1 rings (SSSR count). The molecule has 0 unspecified atom stereocenters. The van der Waals surface area contributed by atoms with Gasteiger partial charge in [0, 0.05) is 16.9 Å². The van der Waals surface area contributed by atoms with Gasteiger partial charge in [-0.05, 0) is 18.6 Å². The van der Waals surface area contributed by atoms with E-state index in [1.807, 2.05) is 31.5 Å². The van der Waals surface area contributed by atoms with Gasteiger partial charge in [0.1, 0.15) is 0 Å². The molecule has 58 valence electrons. The first-order valence-corrected chi connectivity index (χ1v) is 3.55. The normalized spacial score (nSPS) is 9.18. The maximum atomic E-state index is 5.21. The molecule has 0 saturated carbocycles. The van der Waals surface area contributed by atoms with Gasteiger partial charge in [-0.15, -0.1) is 0 Å². The van der Waals surface area contributed by atoms with Gasteiger partial charge in [-0.1, -0.05) is 6.58 Å². The zero-order chi connectivity index (χ0) is 8.10. The Labute approximate surface area is 66.7 Å². The molecule has 0 fully saturated rings. The van der Waals surface area contributed by atoms with Gasteiger partial charge in [-0.3, -0.25) is 4.84 Å². The van der Waals surface area contributed by atoms with E-state index < -0.39 is 0 Å². The monoisotopic (exact) mass is 150 g/mol. The summed E-state index contributed by atoms with van der Waals surface area (Å²) in [5.74, 6) is 0. The quantitative estimate of drug-likeness (QED) is 0.461. The lowest BCUT2D eigenvalue weighted by Crippen LogP contribution is -2.41. The van der Waals surface area contributed by atoms with Gasteiger partial charge in [0.05, 0.1) is 0 Å². The Morgan fingerprint density at radius 3 is 2.73 bits per heavy atom. The van der Waals surface area contributed by atoms with Crippen LogP contribution >= 0.6 is 0 Å². The fraction of sp³-hybridized carbons (Fsp3) is 0.222. The van der Waals surface area contributed by atoms with Crippen LogP contribution < -0.4 is 9.57 Å². The molecule has 0 aliphatic rings. The van der Waals surface area contributed by atoms with Crippen molar-refractivity contribution in [2.45, 2.75) is 6.92 Å². The van der Waals surface area contributed by atoms with Crippen molar-refractivity contribution >= 4 is 0 Å². The predicted molar refractivity (Wildman–Crippen MR) is 43.0 cm³/mol. The molecule has 0 aromatic carbocycles. The predicted octanol–water partition coefficient (Wildman–Crippen LogP) is 0.897. The van der Waals surface area contributed by atoms with Gasteiger partial charge in [-0.2, -0.15) is 0 Å². The van der Waals surface area contributed by atoms with Gasteiger partial charge in [0.15, 0.2) is 6.61 Å². The highest BCUT2D eigenvalue weighted by Gasteiger charge is 1.96. The summed E-state index contributed by atoms with van der Waals surface area (Å²) in [7, 11) is 0. The van der Waals surface area contributed by atoms with Crippen LogP contribution in [0.15, 0.2) is 37.2 Å². The largest absolute Gasteiger partial charge is 0.267 e. The first kappa shape index (κ1) is 7.79. The molecule has 0 aliphatic carbocycles. The highest BCUT2D eigenvalue weighted by Crippen LogP contribution is 1.88. The van der Waals surface area contributed by atoms with Gasteiger partial charge in [0.2, 0.25) is 12.4 Å². The van der Waals surface area contributed by atoms with Gasteiger partial charge < -0.3 is 0 Å². The Kier molecular flexibility index (Phi) is 2.66. The molecule has 0 radical (unpaired) electrons. The highest BCUT2D eigenvalue weighted by atomic mass is 16.7. The van der Waals surface area contributed by atoms with Crippen molar-refractivity contribution < 1.29 is 9.57 Å². The molecule has 2 heteroatoms. The average Bonchev–Trinajstić information content (AvgIpc) is 2.04. The van der Waals surface area contributed by atoms with Crippen molar-refractivity contribution in [2.75, 3.05) is 6.61 Å². The molecule has 0 bridgehead atoms. The number of hydrogen-bond donors (Lipinski definition) is 0. The van der Waals surface area contributed by atoms with Crippen molar-refractivity contribution in [3.8, 4) is 0 Å². The molecule has 0 N–H and O–H groups in total. The van der Waals surface area contributed by atoms with Crippen molar-refractivity contribution in [3.63, 3.8) is 0 Å². The van der Waals surface area contributed by atoms with Crippen molar-refractivity contribution in [2.24, 2.45) is 0 Å². The van der Waals surface area contributed by atoms with Gasteiger partial charge >= 0.3 is 0 Å². The molecule has 0 saturated heterocycles. The minimum atomic E-state index is 0.535. The second kappa shape index (κ2) is 3.76. The Hall–Kier alpha value is -1.31. The number of nitrogens with zero attached hydrogens (tertiary/aromatic N) is 1. The third-order valence-corrected chi connectivity index (χ3v) is 1.31.